The lowest BCUT2D eigenvalue weighted by atomic mass is 10.2. The Morgan fingerprint density at radius 2 is 2.45 bits per heavy atom. The molecule has 2 amide bonds. The Hall–Kier alpha value is -0.720. The van der Waals surface area contributed by atoms with Crippen LogP contribution in [0.25, 0.3) is 0 Å². The summed E-state index contributed by atoms with van der Waals surface area (Å²) in [5.41, 5.74) is 0. The van der Waals surface area contributed by atoms with Gasteiger partial charge in [0.1, 0.15) is 6.10 Å². The van der Waals surface area contributed by atoms with Crippen LogP contribution in [0.1, 0.15) is 37.2 Å². The number of thioether (sulfide) groups is 1. The molecule has 1 aliphatic rings. The third kappa shape index (κ3) is 4.68. The Kier molecular flexibility index (Phi) is 6.19. The number of hydrogen-bond donors (Lipinski definition) is 3. The first-order valence-corrected chi connectivity index (χ1v) is 8.99. The van der Waals surface area contributed by atoms with E-state index >= 15 is 0 Å². The van der Waals surface area contributed by atoms with Crippen molar-refractivity contribution in [3.63, 3.8) is 0 Å². The van der Waals surface area contributed by atoms with E-state index in [4.69, 9.17) is 0 Å². The minimum atomic E-state index is -0.618. The van der Waals surface area contributed by atoms with Gasteiger partial charge in [-0.2, -0.15) is 11.8 Å². The summed E-state index contributed by atoms with van der Waals surface area (Å²) in [6.07, 6.45) is 2.67. The predicted octanol–water partition coefficient (Wildman–Crippen LogP) is 2.75. The van der Waals surface area contributed by atoms with E-state index in [2.05, 4.69) is 17.6 Å². The van der Waals surface area contributed by atoms with Crippen LogP contribution < -0.4 is 10.6 Å². The number of urea groups is 1. The summed E-state index contributed by atoms with van der Waals surface area (Å²) >= 11 is 3.47. The van der Waals surface area contributed by atoms with Crippen LogP contribution in [0.2, 0.25) is 0 Å². The van der Waals surface area contributed by atoms with Crippen LogP contribution in [0, 0.1) is 0 Å². The minimum absolute atomic E-state index is 0.173. The maximum Gasteiger partial charge on any atom is 0.315 e. The van der Waals surface area contributed by atoms with Crippen LogP contribution in [0.4, 0.5) is 4.79 Å². The van der Waals surface area contributed by atoms with E-state index in [9.17, 15) is 9.90 Å². The zero-order valence-electron chi connectivity index (χ0n) is 11.7. The lowest BCUT2D eigenvalue weighted by molar-refractivity contribution is 0.176. The number of hydrogen-bond acceptors (Lipinski definition) is 4. The van der Waals surface area contributed by atoms with Gasteiger partial charge in [-0.3, -0.25) is 0 Å². The van der Waals surface area contributed by atoms with E-state index in [1.807, 2.05) is 29.3 Å². The molecular formula is C14H22N2O2S2. The van der Waals surface area contributed by atoms with E-state index in [0.717, 1.165) is 23.5 Å². The van der Waals surface area contributed by atoms with Gasteiger partial charge in [0.25, 0.3) is 0 Å². The molecule has 0 radical (unpaired) electrons. The summed E-state index contributed by atoms with van der Waals surface area (Å²) in [4.78, 5) is 12.7. The molecule has 0 spiro atoms. The predicted molar refractivity (Wildman–Crippen MR) is 85.4 cm³/mol. The SMILES string of the molecule is CCS[C@@H]1CC[C@H](NC(=O)NC[C@H](O)c2cccs2)C1. The summed E-state index contributed by atoms with van der Waals surface area (Å²) in [6, 6.07) is 3.87. The van der Waals surface area contributed by atoms with Crippen LogP contribution in [-0.2, 0) is 0 Å². The van der Waals surface area contributed by atoms with Crippen molar-refractivity contribution in [3.05, 3.63) is 22.4 Å². The van der Waals surface area contributed by atoms with Gasteiger partial charge in [-0.05, 0) is 36.5 Å². The van der Waals surface area contributed by atoms with Crippen molar-refractivity contribution < 1.29 is 9.90 Å². The number of carbonyl (C=O) groups excluding carboxylic acids is 1. The first kappa shape index (κ1) is 15.7. The zero-order valence-corrected chi connectivity index (χ0v) is 13.3. The van der Waals surface area contributed by atoms with Crippen LogP contribution in [0.15, 0.2) is 17.5 Å². The normalized spacial score (nSPS) is 23.5. The van der Waals surface area contributed by atoms with E-state index in [1.165, 1.54) is 17.8 Å². The molecule has 20 heavy (non-hydrogen) atoms. The van der Waals surface area contributed by atoms with Gasteiger partial charge in [0.05, 0.1) is 6.54 Å². The van der Waals surface area contributed by atoms with E-state index in [-0.39, 0.29) is 18.6 Å². The summed E-state index contributed by atoms with van der Waals surface area (Å²) in [6.45, 7) is 2.43. The quantitative estimate of drug-likeness (QED) is 0.756. The number of rotatable bonds is 6. The van der Waals surface area contributed by atoms with Gasteiger partial charge in [-0.15, -0.1) is 11.3 Å². The maximum absolute atomic E-state index is 11.8. The van der Waals surface area contributed by atoms with Crippen molar-refractivity contribution in [1.29, 1.82) is 0 Å². The molecule has 2 rings (SSSR count). The molecule has 4 nitrogen and oxygen atoms in total. The highest BCUT2D eigenvalue weighted by Gasteiger charge is 2.25. The molecule has 1 fully saturated rings. The fourth-order valence-corrected chi connectivity index (χ4v) is 4.32. The molecule has 1 saturated carbocycles. The second-order valence-corrected chi connectivity index (χ2v) is 7.53. The molecule has 3 atom stereocenters. The Balaban J connectivity index is 1.66. The second-order valence-electron chi connectivity index (χ2n) is 4.97. The average Bonchev–Trinajstić information content (AvgIpc) is 3.08. The van der Waals surface area contributed by atoms with Gasteiger partial charge in [0.15, 0.2) is 0 Å². The zero-order chi connectivity index (χ0) is 14.4. The Morgan fingerprint density at radius 1 is 1.60 bits per heavy atom. The molecule has 1 aromatic rings. The number of amides is 2. The number of thiophene rings is 1. The van der Waals surface area contributed by atoms with Crippen LogP contribution in [0.5, 0.6) is 0 Å². The summed E-state index contributed by atoms with van der Waals surface area (Å²) in [7, 11) is 0. The van der Waals surface area contributed by atoms with Gasteiger partial charge < -0.3 is 15.7 Å². The summed E-state index contributed by atoms with van der Waals surface area (Å²) in [5, 5.41) is 18.2. The number of aliphatic hydroxyl groups is 1. The van der Waals surface area contributed by atoms with Crippen LogP contribution in [-0.4, -0.2) is 34.7 Å². The van der Waals surface area contributed by atoms with Crippen molar-refractivity contribution in [1.82, 2.24) is 10.6 Å². The molecule has 0 unspecified atom stereocenters. The van der Waals surface area contributed by atoms with Crippen molar-refractivity contribution in [2.45, 2.75) is 43.6 Å². The van der Waals surface area contributed by atoms with E-state index < -0.39 is 6.10 Å². The molecule has 1 aliphatic carbocycles. The molecular weight excluding hydrogens is 292 g/mol. The fraction of sp³-hybridized carbons (Fsp3) is 0.643. The topological polar surface area (TPSA) is 61.4 Å². The first-order valence-electron chi connectivity index (χ1n) is 7.06. The molecule has 0 bridgehead atoms. The third-order valence-electron chi connectivity index (χ3n) is 3.45. The molecule has 3 N–H and O–H groups in total. The largest absolute Gasteiger partial charge is 0.386 e. The fourth-order valence-electron chi connectivity index (χ4n) is 2.47. The lowest BCUT2D eigenvalue weighted by Gasteiger charge is -2.15. The molecule has 0 saturated heterocycles. The molecule has 1 heterocycles. The van der Waals surface area contributed by atoms with Crippen molar-refractivity contribution in [3.8, 4) is 0 Å². The summed E-state index contributed by atoms with van der Waals surface area (Å²) < 4.78 is 0. The van der Waals surface area contributed by atoms with Crippen molar-refractivity contribution in [2.75, 3.05) is 12.3 Å². The van der Waals surface area contributed by atoms with Crippen LogP contribution >= 0.6 is 23.1 Å². The molecule has 0 aliphatic heterocycles. The Labute approximate surface area is 128 Å². The van der Waals surface area contributed by atoms with Crippen molar-refractivity contribution in [2.24, 2.45) is 0 Å². The Bertz CT molecular complexity index is 411. The average molecular weight is 314 g/mol. The van der Waals surface area contributed by atoms with Gasteiger partial charge in [0, 0.05) is 16.2 Å². The lowest BCUT2D eigenvalue weighted by Crippen LogP contribution is -2.42. The second kappa shape index (κ2) is 7.90. The molecule has 0 aromatic carbocycles. The molecule has 1 aromatic heterocycles. The molecule has 112 valence electrons. The number of carbonyl (C=O) groups is 1. The highest BCUT2D eigenvalue weighted by molar-refractivity contribution is 7.99. The van der Waals surface area contributed by atoms with Gasteiger partial charge >= 0.3 is 6.03 Å². The smallest absolute Gasteiger partial charge is 0.315 e. The van der Waals surface area contributed by atoms with E-state index in [0.29, 0.717) is 5.25 Å². The van der Waals surface area contributed by atoms with Gasteiger partial charge in [-0.25, -0.2) is 4.79 Å². The maximum atomic E-state index is 11.8. The third-order valence-corrected chi connectivity index (χ3v) is 5.66. The van der Waals surface area contributed by atoms with Gasteiger partial charge in [0.2, 0.25) is 0 Å². The number of aliphatic hydroxyl groups excluding tert-OH is 1. The first-order chi connectivity index (χ1) is 9.69. The van der Waals surface area contributed by atoms with Gasteiger partial charge in [-0.1, -0.05) is 13.0 Å². The monoisotopic (exact) mass is 314 g/mol. The summed E-state index contributed by atoms with van der Waals surface area (Å²) in [5.74, 6) is 1.14. The highest BCUT2D eigenvalue weighted by Crippen LogP contribution is 2.29. The highest BCUT2D eigenvalue weighted by atomic mass is 32.2. The van der Waals surface area contributed by atoms with E-state index in [1.54, 1.807) is 0 Å². The minimum Gasteiger partial charge on any atom is -0.386 e. The molecule has 6 heteroatoms. The Morgan fingerprint density at radius 3 is 3.15 bits per heavy atom. The standard InChI is InChI=1S/C14H22N2O2S2/c1-2-19-11-6-5-10(8-11)16-14(18)15-9-12(17)13-4-3-7-20-13/h3-4,7,10-12,17H,2,5-6,8-9H2,1H3,(H2,15,16,18)/t10-,11+,12-/m0/s1. The van der Waals surface area contributed by atoms with Crippen molar-refractivity contribution >= 4 is 29.1 Å². The van der Waals surface area contributed by atoms with Crippen LogP contribution in [0.3, 0.4) is 0 Å². The number of nitrogens with one attached hydrogen (secondary N) is 2.